The fourth-order valence-corrected chi connectivity index (χ4v) is 3.63. The average molecular weight is 401 g/mol. The van der Waals surface area contributed by atoms with Crippen molar-refractivity contribution in [3.63, 3.8) is 0 Å². The Balaban J connectivity index is 1.85. The number of carbonyl (C=O) groups excluding carboxylic acids is 1. The average Bonchev–Trinajstić information content (AvgIpc) is 2.66. The van der Waals surface area contributed by atoms with Crippen LogP contribution in [0.15, 0.2) is 77.7 Å². The second-order valence-corrected chi connectivity index (χ2v) is 8.03. The number of aryl methyl sites for hydroxylation is 1. The summed E-state index contributed by atoms with van der Waals surface area (Å²) in [5, 5.41) is 3.27. The highest BCUT2D eigenvalue weighted by Crippen LogP contribution is 2.23. The largest absolute Gasteiger partial charge is 0.322 e. The first-order valence-corrected chi connectivity index (χ1v) is 9.97. The maximum atomic E-state index is 12.6. The summed E-state index contributed by atoms with van der Waals surface area (Å²) in [7, 11) is -3.81. The van der Waals surface area contributed by atoms with E-state index >= 15 is 0 Å². The van der Waals surface area contributed by atoms with E-state index in [0.717, 1.165) is 5.56 Å². The summed E-state index contributed by atoms with van der Waals surface area (Å²) in [6, 6.07) is 19.6. The lowest BCUT2D eigenvalue weighted by molar-refractivity contribution is 0.102. The summed E-state index contributed by atoms with van der Waals surface area (Å²) in [6.45, 7) is 1.80. The third-order valence-electron chi connectivity index (χ3n) is 3.90. The number of rotatable bonds is 5. The molecule has 3 rings (SSSR count). The molecule has 0 saturated carbocycles. The molecular formula is C20H17ClN2O3S. The number of hydrogen-bond acceptors (Lipinski definition) is 3. The van der Waals surface area contributed by atoms with Crippen molar-refractivity contribution in [1.82, 2.24) is 0 Å². The Hall–Kier alpha value is -2.83. The van der Waals surface area contributed by atoms with Crippen LogP contribution in [0.5, 0.6) is 0 Å². The van der Waals surface area contributed by atoms with Gasteiger partial charge in [0.1, 0.15) is 0 Å². The van der Waals surface area contributed by atoms with E-state index in [-0.39, 0.29) is 10.8 Å². The smallest absolute Gasteiger partial charge is 0.261 e. The molecule has 0 aromatic heterocycles. The minimum Gasteiger partial charge on any atom is -0.322 e. The Morgan fingerprint density at radius 3 is 2.26 bits per heavy atom. The molecule has 0 aliphatic carbocycles. The number of amides is 1. The van der Waals surface area contributed by atoms with Gasteiger partial charge in [0.2, 0.25) is 0 Å². The summed E-state index contributed by atoms with van der Waals surface area (Å²) >= 11 is 5.82. The molecule has 0 aliphatic heterocycles. The number of carbonyl (C=O) groups is 1. The standard InChI is InChI=1S/C20H17ClN2O3S/c1-14-7-12-18(27(25,26)23-17-10-8-16(21)9-11-17)13-19(14)22-20(24)15-5-3-2-4-6-15/h2-13,23H,1H3,(H,22,24). The van der Waals surface area contributed by atoms with Gasteiger partial charge >= 0.3 is 0 Å². The maximum absolute atomic E-state index is 12.6. The minimum absolute atomic E-state index is 0.0476. The highest BCUT2D eigenvalue weighted by molar-refractivity contribution is 7.92. The topological polar surface area (TPSA) is 75.3 Å². The van der Waals surface area contributed by atoms with Crippen LogP contribution in [0.2, 0.25) is 5.02 Å². The molecule has 0 saturated heterocycles. The van der Waals surface area contributed by atoms with Crippen molar-refractivity contribution >= 4 is 38.9 Å². The summed E-state index contributed by atoms with van der Waals surface area (Å²) in [5.41, 5.74) is 2.08. The fourth-order valence-electron chi connectivity index (χ4n) is 2.42. The number of sulfonamides is 1. The van der Waals surface area contributed by atoms with Gasteiger partial charge in [-0.2, -0.15) is 0 Å². The predicted octanol–water partition coefficient (Wildman–Crippen LogP) is 4.70. The lowest BCUT2D eigenvalue weighted by Crippen LogP contribution is -2.15. The number of nitrogens with one attached hydrogen (secondary N) is 2. The number of halogens is 1. The normalized spacial score (nSPS) is 11.0. The van der Waals surface area contributed by atoms with Gasteiger partial charge in [-0.05, 0) is 61.0 Å². The van der Waals surface area contributed by atoms with Crippen LogP contribution < -0.4 is 10.0 Å². The third-order valence-corrected chi connectivity index (χ3v) is 5.53. The van der Waals surface area contributed by atoms with Crippen LogP contribution in [0, 0.1) is 6.92 Å². The van der Waals surface area contributed by atoms with Gasteiger partial charge < -0.3 is 5.32 Å². The first-order valence-electron chi connectivity index (χ1n) is 8.10. The highest BCUT2D eigenvalue weighted by Gasteiger charge is 2.17. The van der Waals surface area contributed by atoms with E-state index < -0.39 is 10.0 Å². The molecule has 5 nitrogen and oxygen atoms in total. The Morgan fingerprint density at radius 2 is 1.59 bits per heavy atom. The van der Waals surface area contributed by atoms with Gasteiger partial charge in [0.05, 0.1) is 4.90 Å². The van der Waals surface area contributed by atoms with Crippen molar-refractivity contribution in [3.05, 3.63) is 88.9 Å². The Bertz CT molecular complexity index is 1070. The second-order valence-electron chi connectivity index (χ2n) is 5.91. The van der Waals surface area contributed by atoms with E-state index in [1.165, 1.54) is 12.1 Å². The van der Waals surface area contributed by atoms with Gasteiger partial charge in [0.25, 0.3) is 15.9 Å². The number of hydrogen-bond donors (Lipinski definition) is 2. The molecule has 1 amide bonds. The maximum Gasteiger partial charge on any atom is 0.261 e. The number of benzene rings is 3. The Labute approximate surface area is 163 Å². The molecule has 7 heteroatoms. The zero-order valence-electron chi connectivity index (χ0n) is 14.4. The Morgan fingerprint density at radius 1 is 0.926 bits per heavy atom. The SMILES string of the molecule is Cc1ccc(S(=O)(=O)Nc2ccc(Cl)cc2)cc1NC(=O)c1ccccc1. The highest BCUT2D eigenvalue weighted by atomic mass is 35.5. The van der Waals surface area contributed by atoms with Crippen molar-refractivity contribution in [2.45, 2.75) is 11.8 Å². The van der Waals surface area contributed by atoms with Crippen molar-refractivity contribution in [3.8, 4) is 0 Å². The molecule has 138 valence electrons. The van der Waals surface area contributed by atoms with E-state index in [9.17, 15) is 13.2 Å². The lowest BCUT2D eigenvalue weighted by Gasteiger charge is -2.12. The van der Waals surface area contributed by atoms with Crippen molar-refractivity contribution in [1.29, 1.82) is 0 Å². The van der Waals surface area contributed by atoms with Crippen LogP contribution in [0.1, 0.15) is 15.9 Å². The molecule has 0 atom stereocenters. The monoisotopic (exact) mass is 400 g/mol. The second kappa shape index (κ2) is 7.82. The van der Waals surface area contributed by atoms with Gasteiger partial charge in [0.15, 0.2) is 0 Å². The van der Waals surface area contributed by atoms with Crippen molar-refractivity contribution in [2.75, 3.05) is 10.0 Å². The molecule has 3 aromatic rings. The van der Waals surface area contributed by atoms with Gasteiger partial charge in [0, 0.05) is 22.0 Å². The summed E-state index contributed by atoms with van der Waals surface area (Å²) < 4.78 is 27.8. The van der Waals surface area contributed by atoms with E-state index in [1.807, 2.05) is 6.07 Å². The van der Waals surface area contributed by atoms with E-state index in [2.05, 4.69) is 10.0 Å². The summed E-state index contributed by atoms with van der Waals surface area (Å²) in [5.74, 6) is -0.307. The van der Waals surface area contributed by atoms with Gasteiger partial charge in [-0.1, -0.05) is 35.9 Å². The molecule has 0 aliphatic rings. The molecule has 0 fully saturated rings. The van der Waals surface area contributed by atoms with E-state index in [4.69, 9.17) is 11.6 Å². The third kappa shape index (κ3) is 4.67. The molecule has 0 bridgehead atoms. The number of anilines is 2. The zero-order valence-corrected chi connectivity index (χ0v) is 16.0. The molecule has 0 radical (unpaired) electrons. The molecular weight excluding hydrogens is 384 g/mol. The molecule has 3 aromatic carbocycles. The summed E-state index contributed by atoms with van der Waals surface area (Å²) in [4.78, 5) is 12.4. The summed E-state index contributed by atoms with van der Waals surface area (Å²) in [6.07, 6.45) is 0. The first-order chi connectivity index (χ1) is 12.8. The van der Waals surface area contributed by atoms with Gasteiger partial charge in [-0.25, -0.2) is 8.42 Å². The molecule has 0 spiro atoms. The van der Waals surface area contributed by atoms with E-state index in [0.29, 0.717) is 22.0 Å². The van der Waals surface area contributed by atoms with Crippen LogP contribution in [-0.4, -0.2) is 14.3 Å². The van der Waals surface area contributed by atoms with Crippen LogP contribution in [-0.2, 0) is 10.0 Å². The molecule has 2 N–H and O–H groups in total. The quantitative estimate of drug-likeness (QED) is 0.651. The van der Waals surface area contributed by atoms with Crippen molar-refractivity contribution in [2.24, 2.45) is 0 Å². The van der Waals surface area contributed by atoms with Gasteiger partial charge in [-0.3, -0.25) is 9.52 Å². The lowest BCUT2D eigenvalue weighted by atomic mass is 10.1. The van der Waals surface area contributed by atoms with E-state index in [1.54, 1.807) is 61.5 Å². The molecule has 0 heterocycles. The molecule has 0 unspecified atom stereocenters. The molecule has 27 heavy (non-hydrogen) atoms. The van der Waals surface area contributed by atoms with Crippen molar-refractivity contribution < 1.29 is 13.2 Å². The van der Waals surface area contributed by atoms with Crippen LogP contribution >= 0.6 is 11.6 Å². The fraction of sp³-hybridized carbons (Fsp3) is 0.0500. The van der Waals surface area contributed by atoms with Gasteiger partial charge in [-0.15, -0.1) is 0 Å². The Kier molecular flexibility index (Phi) is 5.48. The predicted molar refractivity (Wildman–Crippen MR) is 108 cm³/mol. The van der Waals surface area contributed by atoms with Crippen LogP contribution in [0.25, 0.3) is 0 Å². The first kappa shape index (κ1) is 18.9. The van der Waals surface area contributed by atoms with Crippen LogP contribution in [0.4, 0.5) is 11.4 Å². The van der Waals surface area contributed by atoms with Crippen LogP contribution in [0.3, 0.4) is 0 Å². The zero-order chi connectivity index (χ0) is 19.4. The minimum atomic E-state index is -3.81.